The van der Waals surface area contributed by atoms with Crippen molar-refractivity contribution in [2.75, 3.05) is 0 Å². The van der Waals surface area contributed by atoms with Gasteiger partial charge in [0, 0.05) is 6.42 Å². The third-order valence-corrected chi connectivity index (χ3v) is 3.03. The number of hydrazine groups is 1. The smallest absolute Gasteiger partial charge is 0.311 e. The van der Waals surface area contributed by atoms with E-state index < -0.39 is 30.4 Å². The highest BCUT2D eigenvalue weighted by Gasteiger charge is 2.37. The topological polar surface area (TPSA) is 76.0 Å². The normalized spacial score (nSPS) is 11.5. The third kappa shape index (κ3) is 3.99. The lowest BCUT2D eigenvalue weighted by atomic mass is 10.3. The number of carbonyl (C=O) groups is 2. The van der Waals surface area contributed by atoms with E-state index in [-0.39, 0.29) is 17.5 Å². The molecule has 0 saturated carbocycles. The minimum atomic E-state index is -4.69. The Morgan fingerprint density at radius 1 is 1.17 bits per heavy atom. The van der Waals surface area contributed by atoms with Gasteiger partial charge < -0.3 is 4.57 Å². The molecule has 0 aliphatic rings. The predicted molar refractivity (Wildman–Crippen MR) is 75.9 cm³/mol. The molecule has 2 aromatic rings. The lowest BCUT2D eigenvalue weighted by molar-refractivity contribution is -0.147. The number of fused-ring (bicyclic) bond motifs is 1. The van der Waals surface area contributed by atoms with Gasteiger partial charge in [-0.05, 0) is 18.6 Å². The maximum Gasteiger partial charge on any atom is 0.449 e. The van der Waals surface area contributed by atoms with Crippen LogP contribution in [0.25, 0.3) is 11.0 Å². The third-order valence-electron chi connectivity index (χ3n) is 3.03. The lowest BCUT2D eigenvalue weighted by Gasteiger charge is -2.12. The summed E-state index contributed by atoms with van der Waals surface area (Å²) in [6, 6.07) is 6.00. The molecule has 6 nitrogen and oxygen atoms in total. The molecule has 0 aliphatic carbocycles. The predicted octanol–water partition coefficient (Wildman–Crippen LogP) is 2.00. The minimum Gasteiger partial charge on any atom is -0.311 e. The SMILES string of the molecule is CCCC(=O)NNC(=O)Cn1c(C(F)(F)F)nc2ccccc21. The fourth-order valence-electron chi connectivity index (χ4n) is 2.06. The molecule has 0 unspecified atom stereocenters. The molecular formula is C14H15F3N4O2. The number of hydrogen-bond donors (Lipinski definition) is 2. The van der Waals surface area contributed by atoms with Gasteiger partial charge in [0.1, 0.15) is 6.54 Å². The van der Waals surface area contributed by atoms with E-state index >= 15 is 0 Å². The molecule has 0 atom stereocenters. The molecule has 0 spiro atoms. The molecule has 0 aliphatic heterocycles. The van der Waals surface area contributed by atoms with Crippen LogP contribution in [-0.4, -0.2) is 21.4 Å². The largest absolute Gasteiger partial charge is 0.449 e. The molecule has 2 N–H and O–H groups in total. The zero-order valence-electron chi connectivity index (χ0n) is 12.3. The van der Waals surface area contributed by atoms with E-state index in [4.69, 9.17) is 0 Å². The van der Waals surface area contributed by atoms with Crippen LogP contribution in [-0.2, 0) is 22.3 Å². The second-order valence-electron chi connectivity index (χ2n) is 4.85. The van der Waals surface area contributed by atoms with Crippen LogP contribution in [0.3, 0.4) is 0 Å². The number of amides is 2. The molecule has 1 heterocycles. The van der Waals surface area contributed by atoms with Gasteiger partial charge in [0.25, 0.3) is 5.91 Å². The van der Waals surface area contributed by atoms with E-state index in [1.54, 1.807) is 19.1 Å². The van der Waals surface area contributed by atoms with Gasteiger partial charge in [0.05, 0.1) is 11.0 Å². The number of rotatable bonds is 4. The molecule has 124 valence electrons. The van der Waals surface area contributed by atoms with Gasteiger partial charge in [-0.1, -0.05) is 19.1 Å². The number of nitrogens with one attached hydrogen (secondary N) is 2. The zero-order valence-corrected chi connectivity index (χ0v) is 12.3. The standard InChI is InChI=1S/C14H15F3N4O2/c1-2-5-11(22)19-20-12(23)8-21-10-7-4-3-6-9(10)18-13(21)14(15,16)17/h3-4,6-7H,2,5,8H2,1H3,(H,19,22)(H,20,23). The number of halogens is 3. The first-order chi connectivity index (χ1) is 10.8. The Hall–Kier alpha value is -2.58. The van der Waals surface area contributed by atoms with Gasteiger partial charge in [-0.2, -0.15) is 13.2 Å². The molecule has 0 bridgehead atoms. The van der Waals surface area contributed by atoms with Crippen molar-refractivity contribution in [2.45, 2.75) is 32.5 Å². The summed E-state index contributed by atoms with van der Waals surface area (Å²) < 4.78 is 40.0. The molecule has 9 heteroatoms. The second kappa shape index (κ2) is 6.67. The Labute approximate surface area is 129 Å². The highest BCUT2D eigenvalue weighted by Crippen LogP contribution is 2.31. The summed E-state index contributed by atoms with van der Waals surface area (Å²) in [5.41, 5.74) is 4.57. The number of para-hydroxylation sites is 2. The van der Waals surface area contributed by atoms with Crippen LogP contribution in [0.15, 0.2) is 24.3 Å². The summed E-state index contributed by atoms with van der Waals surface area (Å²) in [5, 5.41) is 0. The summed E-state index contributed by atoms with van der Waals surface area (Å²) in [6.45, 7) is 1.18. The Kier molecular flexibility index (Phi) is 4.87. The van der Waals surface area contributed by atoms with Crippen molar-refractivity contribution in [1.82, 2.24) is 20.4 Å². The average molecular weight is 328 g/mol. The van der Waals surface area contributed by atoms with Crippen LogP contribution in [0.1, 0.15) is 25.6 Å². The van der Waals surface area contributed by atoms with Gasteiger partial charge in [0.15, 0.2) is 0 Å². The van der Waals surface area contributed by atoms with E-state index in [1.165, 1.54) is 12.1 Å². The summed E-state index contributed by atoms with van der Waals surface area (Å²) >= 11 is 0. The van der Waals surface area contributed by atoms with Crippen molar-refractivity contribution in [2.24, 2.45) is 0 Å². The van der Waals surface area contributed by atoms with E-state index in [0.29, 0.717) is 6.42 Å². The van der Waals surface area contributed by atoms with Crippen molar-refractivity contribution < 1.29 is 22.8 Å². The maximum atomic E-state index is 13.1. The molecule has 1 aromatic heterocycles. The number of carbonyl (C=O) groups excluding carboxylic acids is 2. The van der Waals surface area contributed by atoms with Crippen molar-refractivity contribution in [3.8, 4) is 0 Å². The molecule has 0 radical (unpaired) electrons. The average Bonchev–Trinajstić information content (AvgIpc) is 2.85. The maximum absolute atomic E-state index is 13.1. The first kappa shape index (κ1) is 16.8. The molecule has 1 aromatic carbocycles. The number of benzene rings is 1. The Balaban J connectivity index is 2.21. The number of nitrogens with zero attached hydrogens (tertiary/aromatic N) is 2. The van der Waals surface area contributed by atoms with Crippen molar-refractivity contribution in [3.63, 3.8) is 0 Å². The first-order valence-electron chi connectivity index (χ1n) is 6.93. The van der Waals surface area contributed by atoms with Gasteiger partial charge in [-0.25, -0.2) is 4.98 Å². The van der Waals surface area contributed by atoms with Crippen LogP contribution in [0.2, 0.25) is 0 Å². The summed E-state index contributed by atoms with van der Waals surface area (Å²) in [6.07, 6.45) is -3.89. The van der Waals surface area contributed by atoms with E-state index in [0.717, 1.165) is 4.57 Å². The Morgan fingerprint density at radius 3 is 2.48 bits per heavy atom. The number of hydrogen-bond acceptors (Lipinski definition) is 3. The lowest BCUT2D eigenvalue weighted by Crippen LogP contribution is -2.43. The van der Waals surface area contributed by atoms with E-state index in [9.17, 15) is 22.8 Å². The van der Waals surface area contributed by atoms with Gasteiger partial charge >= 0.3 is 6.18 Å². The summed E-state index contributed by atoms with van der Waals surface area (Å²) in [5.74, 6) is -2.34. The first-order valence-corrected chi connectivity index (χ1v) is 6.93. The van der Waals surface area contributed by atoms with E-state index in [2.05, 4.69) is 15.8 Å². The highest BCUT2D eigenvalue weighted by atomic mass is 19.4. The number of alkyl halides is 3. The van der Waals surface area contributed by atoms with Crippen molar-refractivity contribution in [1.29, 1.82) is 0 Å². The quantitative estimate of drug-likeness (QED) is 0.843. The molecule has 0 saturated heterocycles. The van der Waals surface area contributed by atoms with Crippen molar-refractivity contribution in [3.05, 3.63) is 30.1 Å². The molecule has 2 rings (SSSR count). The van der Waals surface area contributed by atoms with Gasteiger partial charge in [-0.15, -0.1) is 0 Å². The van der Waals surface area contributed by atoms with Crippen LogP contribution in [0.4, 0.5) is 13.2 Å². The van der Waals surface area contributed by atoms with Gasteiger partial charge in [0.2, 0.25) is 11.7 Å². The fraction of sp³-hybridized carbons (Fsp3) is 0.357. The number of imidazole rings is 1. The fourth-order valence-corrected chi connectivity index (χ4v) is 2.06. The highest BCUT2D eigenvalue weighted by molar-refractivity contribution is 5.83. The zero-order chi connectivity index (χ0) is 17.0. The van der Waals surface area contributed by atoms with Crippen LogP contribution < -0.4 is 10.9 Å². The monoisotopic (exact) mass is 328 g/mol. The van der Waals surface area contributed by atoms with Crippen molar-refractivity contribution >= 4 is 22.8 Å². The minimum absolute atomic E-state index is 0.141. The van der Waals surface area contributed by atoms with E-state index in [1.807, 2.05) is 0 Å². The molecular weight excluding hydrogens is 313 g/mol. The van der Waals surface area contributed by atoms with Gasteiger partial charge in [-0.3, -0.25) is 20.4 Å². The molecule has 0 fully saturated rings. The van der Waals surface area contributed by atoms with Crippen LogP contribution in [0, 0.1) is 0 Å². The Morgan fingerprint density at radius 2 is 1.83 bits per heavy atom. The summed E-state index contributed by atoms with van der Waals surface area (Å²) in [4.78, 5) is 26.6. The second-order valence-corrected chi connectivity index (χ2v) is 4.85. The Bertz CT molecular complexity index is 724. The van der Waals surface area contributed by atoms with Crippen LogP contribution >= 0.6 is 0 Å². The molecule has 2 amide bonds. The number of aromatic nitrogens is 2. The molecule has 23 heavy (non-hydrogen) atoms. The summed E-state index contributed by atoms with van der Waals surface area (Å²) in [7, 11) is 0. The van der Waals surface area contributed by atoms with Crippen LogP contribution in [0.5, 0.6) is 0 Å².